The summed E-state index contributed by atoms with van der Waals surface area (Å²) in [6.07, 6.45) is 7.69. The van der Waals surface area contributed by atoms with Gasteiger partial charge in [0.1, 0.15) is 0 Å². The molecule has 12 heavy (non-hydrogen) atoms. The van der Waals surface area contributed by atoms with Crippen molar-refractivity contribution in [2.45, 2.75) is 25.7 Å². The third-order valence-electron chi connectivity index (χ3n) is 2.36. The van der Waals surface area contributed by atoms with Gasteiger partial charge < -0.3 is 0 Å². The van der Waals surface area contributed by atoms with Crippen LogP contribution >= 0.6 is 0 Å². The highest BCUT2D eigenvalue weighted by atomic mass is 14.1. The smallest absolute Gasteiger partial charge is 0.0184 e. The minimum Gasteiger partial charge on any atom is -0.0696 e. The van der Waals surface area contributed by atoms with E-state index in [-0.39, 0.29) is 0 Å². The Balaban J connectivity index is 2.16. The van der Waals surface area contributed by atoms with Crippen molar-refractivity contribution < 1.29 is 0 Å². The molecule has 0 nitrogen and oxygen atoms in total. The van der Waals surface area contributed by atoms with Crippen LogP contribution in [0, 0.1) is 6.07 Å². The van der Waals surface area contributed by atoms with Gasteiger partial charge in [-0.2, -0.15) is 0 Å². The average molecular weight is 157 g/mol. The first kappa shape index (κ1) is 7.60. The second kappa shape index (κ2) is 3.57. The van der Waals surface area contributed by atoms with Crippen molar-refractivity contribution in [3.05, 3.63) is 41.5 Å². The van der Waals surface area contributed by atoms with E-state index in [9.17, 15) is 0 Å². The summed E-state index contributed by atoms with van der Waals surface area (Å²) in [6.45, 7) is 0. The molecule has 1 aromatic carbocycles. The van der Waals surface area contributed by atoms with E-state index in [2.05, 4.69) is 24.3 Å². The molecule has 0 bridgehead atoms. The topological polar surface area (TPSA) is 0 Å². The fourth-order valence-electron chi connectivity index (χ4n) is 1.71. The van der Waals surface area contributed by atoms with E-state index in [1.165, 1.54) is 31.2 Å². The third kappa shape index (κ3) is 1.76. The van der Waals surface area contributed by atoms with Gasteiger partial charge in [-0.1, -0.05) is 35.9 Å². The fourth-order valence-corrected chi connectivity index (χ4v) is 1.71. The lowest BCUT2D eigenvalue weighted by molar-refractivity contribution is 0.886. The SMILES string of the molecule is [c]1ccc(C=C2CCCC2)cc1. The monoisotopic (exact) mass is 157 g/mol. The molecule has 1 saturated carbocycles. The molecule has 1 fully saturated rings. The third-order valence-corrected chi connectivity index (χ3v) is 2.36. The van der Waals surface area contributed by atoms with Gasteiger partial charge in [-0.3, -0.25) is 0 Å². The van der Waals surface area contributed by atoms with Crippen LogP contribution in [0.3, 0.4) is 0 Å². The van der Waals surface area contributed by atoms with Crippen LogP contribution in [0.1, 0.15) is 31.2 Å². The van der Waals surface area contributed by atoms with Crippen LogP contribution in [0.2, 0.25) is 0 Å². The molecular weight excluding hydrogens is 144 g/mol. The Hall–Kier alpha value is -1.04. The minimum atomic E-state index is 1.30. The van der Waals surface area contributed by atoms with Gasteiger partial charge in [0.25, 0.3) is 0 Å². The standard InChI is InChI=1S/C12H13/c1-2-6-11(7-3-1)10-12-8-4-5-9-12/h2-3,6-7,10H,4-5,8-9H2. The van der Waals surface area contributed by atoms with Gasteiger partial charge in [-0.25, -0.2) is 0 Å². The number of allylic oxidation sites excluding steroid dienone is 1. The number of benzene rings is 1. The van der Waals surface area contributed by atoms with Crippen LogP contribution in [0.25, 0.3) is 6.08 Å². The molecule has 1 aliphatic rings. The molecule has 0 unspecified atom stereocenters. The number of hydrogen-bond acceptors (Lipinski definition) is 0. The van der Waals surface area contributed by atoms with Gasteiger partial charge >= 0.3 is 0 Å². The van der Waals surface area contributed by atoms with Crippen molar-refractivity contribution in [3.63, 3.8) is 0 Å². The summed E-state index contributed by atoms with van der Waals surface area (Å²) in [5.74, 6) is 0. The summed E-state index contributed by atoms with van der Waals surface area (Å²) < 4.78 is 0. The second-order valence-corrected chi connectivity index (χ2v) is 3.34. The van der Waals surface area contributed by atoms with Crippen molar-refractivity contribution in [2.75, 3.05) is 0 Å². The van der Waals surface area contributed by atoms with E-state index in [0.29, 0.717) is 0 Å². The molecule has 2 rings (SSSR count). The molecule has 0 aromatic heterocycles. The van der Waals surface area contributed by atoms with Gasteiger partial charge in [-0.05, 0) is 37.3 Å². The maximum Gasteiger partial charge on any atom is -0.0184 e. The molecule has 0 heteroatoms. The first-order valence-corrected chi connectivity index (χ1v) is 4.61. The van der Waals surface area contributed by atoms with Gasteiger partial charge in [-0.15, -0.1) is 0 Å². The maximum absolute atomic E-state index is 3.03. The normalized spacial score (nSPS) is 16.5. The summed E-state index contributed by atoms with van der Waals surface area (Å²) in [5, 5.41) is 0. The maximum atomic E-state index is 3.03. The molecule has 1 radical (unpaired) electrons. The van der Waals surface area contributed by atoms with E-state index in [1.807, 2.05) is 12.1 Å². The van der Waals surface area contributed by atoms with E-state index < -0.39 is 0 Å². The molecule has 0 saturated heterocycles. The van der Waals surface area contributed by atoms with Gasteiger partial charge in [0, 0.05) is 0 Å². The highest BCUT2D eigenvalue weighted by Gasteiger charge is 2.05. The van der Waals surface area contributed by atoms with Gasteiger partial charge in [0.15, 0.2) is 0 Å². The van der Waals surface area contributed by atoms with Crippen molar-refractivity contribution in [1.29, 1.82) is 0 Å². The van der Waals surface area contributed by atoms with Crippen LogP contribution in [-0.2, 0) is 0 Å². The van der Waals surface area contributed by atoms with Crippen molar-refractivity contribution in [2.24, 2.45) is 0 Å². The predicted octanol–water partition coefficient (Wildman–Crippen LogP) is 3.44. The summed E-state index contributed by atoms with van der Waals surface area (Å²) >= 11 is 0. The van der Waals surface area contributed by atoms with Crippen molar-refractivity contribution in [1.82, 2.24) is 0 Å². The lowest BCUT2D eigenvalue weighted by atomic mass is 10.1. The van der Waals surface area contributed by atoms with E-state index >= 15 is 0 Å². The van der Waals surface area contributed by atoms with Gasteiger partial charge in [0.05, 0.1) is 0 Å². The summed E-state index contributed by atoms with van der Waals surface area (Å²) in [7, 11) is 0. The number of rotatable bonds is 1. The average Bonchev–Trinajstić information content (AvgIpc) is 2.59. The Morgan fingerprint density at radius 3 is 2.42 bits per heavy atom. The van der Waals surface area contributed by atoms with Crippen LogP contribution in [0.15, 0.2) is 29.8 Å². The van der Waals surface area contributed by atoms with Crippen molar-refractivity contribution >= 4 is 6.08 Å². The Morgan fingerprint density at radius 2 is 1.75 bits per heavy atom. The highest BCUT2D eigenvalue weighted by Crippen LogP contribution is 2.25. The molecule has 0 N–H and O–H groups in total. The van der Waals surface area contributed by atoms with E-state index in [4.69, 9.17) is 0 Å². The molecule has 0 atom stereocenters. The first-order chi connectivity index (χ1) is 5.95. The molecule has 61 valence electrons. The van der Waals surface area contributed by atoms with Crippen LogP contribution in [-0.4, -0.2) is 0 Å². The second-order valence-electron chi connectivity index (χ2n) is 3.34. The quantitative estimate of drug-likeness (QED) is 0.585. The summed E-state index contributed by atoms with van der Waals surface area (Å²) in [6, 6.07) is 11.2. The molecule has 0 aliphatic heterocycles. The largest absolute Gasteiger partial charge is 0.0696 e. The zero-order valence-corrected chi connectivity index (χ0v) is 7.22. The highest BCUT2D eigenvalue weighted by molar-refractivity contribution is 5.52. The summed E-state index contributed by atoms with van der Waals surface area (Å²) in [4.78, 5) is 0. The zero-order chi connectivity index (χ0) is 8.23. The lowest BCUT2D eigenvalue weighted by Crippen LogP contribution is -1.74. The Kier molecular flexibility index (Phi) is 2.26. The molecular formula is C12H13. The van der Waals surface area contributed by atoms with Crippen LogP contribution in [0.5, 0.6) is 0 Å². The summed E-state index contributed by atoms with van der Waals surface area (Å²) in [5.41, 5.74) is 2.94. The van der Waals surface area contributed by atoms with Crippen molar-refractivity contribution in [3.8, 4) is 0 Å². The lowest BCUT2D eigenvalue weighted by Gasteiger charge is -1.95. The van der Waals surface area contributed by atoms with E-state index in [0.717, 1.165) is 0 Å². The zero-order valence-electron chi connectivity index (χ0n) is 7.22. The predicted molar refractivity (Wildman–Crippen MR) is 51.7 cm³/mol. The molecule has 0 spiro atoms. The van der Waals surface area contributed by atoms with Crippen LogP contribution < -0.4 is 0 Å². The molecule has 0 heterocycles. The number of hydrogen-bond donors (Lipinski definition) is 0. The van der Waals surface area contributed by atoms with Gasteiger partial charge in [0.2, 0.25) is 0 Å². The first-order valence-electron chi connectivity index (χ1n) is 4.61. The van der Waals surface area contributed by atoms with Crippen LogP contribution in [0.4, 0.5) is 0 Å². The minimum absolute atomic E-state index is 1.30. The fraction of sp³-hybridized carbons (Fsp3) is 0.333. The molecule has 0 amide bonds. The Bertz CT molecular complexity index is 261. The van der Waals surface area contributed by atoms with E-state index in [1.54, 1.807) is 5.57 Å². The Labute approximate surface area is 73.9 Å². The molecule has 1 aliphatic carbocycles. The molecule has 1 aromatic rings. The Morgan fingerprint density at radius 1 is 1.08 bits per heavy atom.